The lowest BCUT2D eigenvalue weighted by Gasteiger charge is -2.42. The number of benzene rings is 1. The fourth-order valence-electron chi connectivity index (χ4n) is 3.72. The highest BCUT2D eigenvalue weighted by Gasteiger charge is 2.38. The summed E-state index contributed by atoms with van der Waals surface area (Å²) in [5.74, 6) is 0.970. The van der Waals surface area contributed by atoms with Gasteiger partial charge in [-0.1, -0.05) is 25.1 Å². The molecule has 134 valence electrons. The van der Waals surface area contributed by atoms with E-state index in [9.17, 15) is 9.59 Å². The molecule has 2 fully saturated rings. The number of fused-ring (bicyclic) bond motifs is 2. The first-order valence-electron chi connectivity index (χ1n) is 8.46. The lowest BCUT2D eigenvalue weighted by molar-refractivity contribution is -0.149. The maximum absolute atomic E-state index is 12.1. The number of nitrogens with one attached hydrogen (secondary N) is 1. The Morgan fingerprint density at radius 1 is 1.24 bits per heavy atom. The lowest BCUT2D eigenvalue weighted by Crippen LogP contribution is -2.65. The van der Waals surface area contributed by atoms with E-state index in [-0.39, 0.29) is 36.8 Å². The summed E-state index contributed by atoms with van der Waals surface area (Å²) in [6, 6.07) is 7.70. The molecular weight excluding hydrogens is 342 g/mol. The summed E-state index contributed by atoms with van der Waals surface area (Å²) in [5, 5.41) is 3.83. The highest BCUT2D eigenvalue weighted by atomic mass is 35.5. The monoisotopic (exact) mass is 363 g/mol. The number of hydrogen-bond acceptors (Lipinski definition) is 4. The van der Waals surface area contributed by atoms with Crippen molar-refractivity contribution in [2.75, 3.05) is 26.2 Å². The molecule has 0 bridgehead atoms. The number of halogens is 1. The normalized spacial score (nSPS) is 21.0. The Labute approximate surface area is 152 Å². The first-order valence-corrected chi connectivity index (χ1v) is 8.46. The van der Waals surface area contributed by atoms with Crippen molar-refractivity contribution in [3.63, 3.8) is 0 Å². The average Bonchev–Trinajstić information content (AvgIpc) is 2.96. The molecule has 2 aliphatic rings. The van der Waals surface area contributed by atoms with E-state index in [0.29, 0.717) is 13.1 Å². The topological polar surface area (TPSA) is 65.8 Å². The van der Waals surface area contributed by atoms with Crippen LogP contribution in [0.2, 0.25) is 0 Å². The molecule has 0 radical (unpaired) electrons. The van der Waals surface area contributed by atoms with Gasteiger partial charge in [-0.2, -0.15) is 0 Å². The molecule has 6 nitrogen and oxygen atoms in total. The van der Waals surface area contributed by atoms with Crippen LogP contribution in [0, 0.1) is 0 Å². The number of aryl methyl sites for hydroxylation is 1. The van der Waals surface area contributed by atoms with Crippen molar-refractivity contribution in [3.8, 4) is 0 Å². The van der Waals surface area contributed by atoms with Gasteiger partial charge in [0.2, 0.25) is 11.8 Å². The van der Waals surface area contributed by atoms with Gasteiger partial charge in [-0.15, -0.1) is 12.4 Å². The molecule has 2 saturated heterocycles. The Kier molecular flexibility index (Phi) is 5.01. The van der Waals surface area contributed by atoms with Crippen LogP contribution in [0.15, 0.2) is 28.7 Å². The minimum Gasteiger partial charge on any atom is -0.461 e. The summed E-state index contributed by atoms with van der Waals surface area (Å²) in [5.41, 5.74) is 2.11. The number of carbonyl (C=O) groups is 2. The molecule has 1 atom stereocenters. The van der Waals surface area contributed by atoms with E-state index in [4.69, 9.17) is 4.42 Å². The predicted octanol–water partition coefficient (Wildman–Crippen LogP) is 1.56. The van der Waals surface area contributed by atoms with E-state index in [2.05, 4.69) is 23.2 Å². The smallest absolute Gasteiger partial charge is 0.244 e. The molecule has 2 aromatic rings. The van der Waals surface area contributed by atoms with Gasteiger partial charge in [-0.3, -0.25) is 14.5 Å². The van der Waals surface area contributed by atoms with Crippen molar-refractivity contribution in [3.05, 3.63) is 35.6 Å². The molecule has 0 aliphatic carbocycles. The van der Waals surface area contributed by atoms with Gasteiger partial charge in [0.05, 0.1) is 6.54 Å². The molecule has 7 heteroatoms. The summed E-state index contributed by atoms with van der Waals surface area (Å²) in [7, 11) is 0. The van der Waals surface area contributed by atoms with Crippen molar-refractivity contribution >= 4 is 35.2 Å². The van der Waals surface area contributed by atoms with E-state index >= 15 is 0 Å². The third kappa shape index (κ3) is 3.12. The first-order chi connectivity index (χ1) is 11.7. The largest absolute Gasteiger partial charge is 0.461 e. The Hall–Kier alpha value is -2.05. The molecule has 1 N–H and O–H groups in total. The molecular formula is C18H22ClN3O3. The van der Waals surface area contributed by atoms with E-state index in [1.165, 1.54) is 5.56 Å². The Morgan fingerprint density at radius 3 is 2.84 bits per heavy atom. The molecule has 1 unspecified atom stereocenters. The van der Waals surface area contributed by atoms with Gasteiger partial charge >= 0.3 is 0 Å². The van der Waals surface area contributed by atoms with Gasteiger partial charge in [0.15, 0.2) is 0 Å². The summed E-state index contributed by atoms with van der Waals surface area (Å²) in [6.45, 7) is 4.91. The minimum atomic E-state index is -0.372. The van der Waals surface area contributed by atoms with Crippen molar-refractivity contribution < 1.29 is 14.0 Å². The predicted molar refractivity (Wildman–Crippen MR) is 96.6 cm³/mol. The Bertz CT molecular complexity index is 804. The number of carbonyl (C=O) groups excluding carboxylic acids is 2. The summed E-state index contributed by atoms with van der Waals surface area (Å²) in [4.78, 5) is 28.0. The van der Waals surface area contributed by atoms with Crippen LogP contribution < -0.4 is 5.32 Å². The van der Waals surface area contributed by atoms with Crippen LogP contribution in [0.25, 0.3) is 11.0 Å². The van der Waals surface area contributed by atoms with E-state index in [1.54, 1.807) is 4.90 Å². The second-order valence-corrected chi connectivity index (χ2v) is 6.41. The van der Waals surface area contributed by atoms with Crippen molar-refractivity contribution in [2.45, 2.75) is 25.9 Å². The van der Waals surface area contributed by atoms with Crippen molar-refractivity contribution in [2.24, 2.45) is 0 Å². The molecule has 25 heavy (non-hydrogen) atoms. The van der Waals surface area contributed by atoms with E-state index in [1.807, 2.05) is 18.2 Å². The third-order valence-electron chi connectivity index (χ3n) is 4.99. The number of piperazine rings is 2. The zero-order valence-corrected chi connectivity index (χ0v) is 15.0. The summed E-state index contributed by atoms with van der Waals surface area (Å²) < 4.78 is 5.96. The maximum atomic E-state index is 12.1. The Morgan fingerprint density at radius 2 is 2.04 bits per heavy atom. The SMILES string of the molecule is CCc1oc2ccccc2c1CN1CCN2C(=O)CNC(=O)C2C1.Cl. The summed E-state index contributed by atoms with van der Waals surface area (Å²) in [6.07, 6.45) is 0.840. The number of nitrogens with zero attached hydrogens (tertiary/aromatic N) is 2. The number of amides is 2. The minimum absolute atomic E-state index is 0. The molecule has 0 spiro atoms. The molecule has 1 aromatic carbocycles. The average molecular weight is 364 g/mol. The molecule has 2 amide bonds. The van der Waals surface area contributed by atoms with Crippen LogP contribution in [0.3, 0.4) is 0 Å². The second-order valence-electron chi connectivity index (χ2n) is 6.41. The van der Waals surface area contributed by atoms with Crippen molar-refractivity contribution in [1.82, 2.24) is 15.1 Å². The van der Waals surface area contributed by atoms with Gasteiger partial charge in [0.25, 0.3) is 0 Å². The molecule has 1 aromatic heterocycles. The van der Waals surface area contributed by atoms with Crippen LogP contribution >= 0.6 is 12.4 Å². The number of furan rings is 1. The third-order valence-corrected chi connectivity index (χ3v) is 4.99. The fraction of sp³-hybridized carbons (Fsp3) is 0.444. The van der Waals surface area contributed by atoms with Gasteiger partial charge < -0.3 is 14.6 Å². The van der Waals surface area contributed by atoms with Gasteiger partial charge in [0, 0.05) is 43.5 Å². The fourth-order valence-corrected chi connectivity index (χ4v) is 3.72. The molecule has 0 saturated carbocycles. The quantitative estimate of drug-likeness (QED) is 0.898. The zero-order chi connectivity index (χ0) is 16.7. The van der Waals surface area contributed by atoms with Gasteiger partial charge in [-0.05, 0) is 6.07 Å². The first kappa shape index (κ1) is 17.8. The van der Waals surface area contributed by atoms with E-state index < -0.39 is 0 Å². The zero-order valence-electron chi connectivity index (χ0n) is 14.2. The standard InChI is InChI=1S/C18H21N3O3.ClH/c1-2-15-13(12-5-3-4-6-16(12)24-15)10-20-7-8-21-14(11-20)18(23)19-9-17(21)22;/h3-6,14H,2,7-11H2,1H3,(H,19,23);1H. The lowest BCUT2D eigenvalue weighted by atomic mass is 10.1. The van der Waals surface area contributed by atoms with Crippen LogP contribution in [0.1, 0.15) is 18.2 Å². The van der Waals surface area contributed by atoms with Crippen LogP contribution in [-0.2, 0) is 22.6 Å². The highest BCUT2D eigenvalue weighted by Crippen LogP contribution is 2.28. The van der Waals surface area contributed by atoms with Crippen LogP contribution in [-0.4, -0.2) is 53.8 Å². The van der Waals surface area contributed by atoms with Crippen LogP contribution in [0.5, 0.6) is 0 Å². The molecule has 3 heterocycles. The number of para-hydroxylation sites is 1. The highest BCUT2D eigenvalue weighted by molar-refractivity contribution is 5.95. The van der Waals surface area contributed by atoms with Gasteiger partial charge in [0.1, 0.15) is 17.4 Å². The van der Waals surface area contributed by atoms with Crippen LogP contribution in [0.4, 0.5) is 0 Å². The Balaban J connectivity index is 0.00000182. The number of hydrogen-bond donors (Lipinski definition) is 1. The van der Waals surface area contributed by atoms with Gasteiger partial charge in [-0.25, -0.2) is 0 Å². The maximum Gasteiger partial charge on any atom is 0.244 e. The second kappa shape index (κ2) is 7.06. The van der Waals surface area contributed by atoms with Crippen molar-refractivity contribution in [1.29, 1.82) is 0 Å². The number of rotatable bonds is 3. The van der Waals surface area contributed by atoms with E-state index in [0.717, 1.165) is 36.2 Å². The molecule has 4 rings (SSSR count). The summed E-state index contributed by atoms with van der Waals surface area (Å²) >= 11 is 0. The molecule has 2 aliphatic heterocycles.